The Hall–Kier alpha value is -4.13. The van der Waals surface area contributed by atoms with Gasteiger partial charge in [0.2, 0.25) is 5.91 Å². The zero-order valence-electron chi connectivity index (χ0n) is 17.4. The fraction of sp³-hybridized carbons (Fsp3) is 0.160. The Balaban J connectivity index is 1.28. The highest BCUT2D eigenvalue weighted by Crippen LogP contribution is 2.22. The molecular formula is C25H23N3O4. The predicted octanol–water partition coefficient (Wildman–Crippen LogP) is 3.97. The summed E-state index contributed by atoms with van der Waals surface area (Å²) in [6.07, 6.45) is 1.14. The number of carbonyl (C=O) groups is 3. The lowest BCUT2D eigenvalue weighted by atomic mass is 10.1. The zero-order chi connectivity index (χ0) is 22.3. The molecule has 1 fully saturated rings. The number of carbonyl (C=O) groups excluding carboxylic acids is 3. The van der Waals surface area contributed by atoms with E-state index in [1.807, 2.05) is 60.7 Å². The van der Waals surface area contributed by atoms with Crippen molar-refractivity contribution in [3.8, 4) is 11.5 Å². The molecule has 3 aromatic carbocycles. The number of amides is 4. The van der Waals surface area contributed by atoms with Crippen molar-refractivity contribution in [2.45, 2.75) is 18.9 Å². The Morgan fingerprint density at radius 3 is 2.19 bits per heavy atom. The molecule has 0 radical (unpaired) electrons. The first kappa shape index (κ1) is 21.1. The normalized spacial score (nSPS) is 15.4. The minimum absolute atomic E-state index is 0.339. The van der Waals surface area contributed by atoms with Gasteiger partial charge in [-0.2, -0.15) is 0 Å². The molecular weight excluding hydrogens is 406 g/mol. The Kier molecular flexibility index (Phi) is 6.46. The van der Waals surface area contributed by atoms with Crippen LogP contribution in [0.3, 0.4) is 0 Å². The number of urea groups is 1. The Labute approximate surface area is 186 Å². The standard InChI is InChI=1S/C25H23N3O4/c29-23(26-19-12-14-21(15-13-19)32-20-9-5-2-6-10-20)17-28-24(30)22(27-25(28)31)16-11-18-7-3-1-4-8-18/h1-10,12-15,22H,11,16-17H2,(H,26,29)(H,27,31). The summed E-state index contributed by atoms with van der Waals surface area (Å²) in [5.41, 5.74) is 1.63. The van der Waals surface area contributed by atoms with Gasteiger partial charge in [-0.05, 0) is 54.8 Å². The molecule has 0 aliphatic carbocycles. The summed E-state index contributed by atoms with van der Waals surface area (Å²) in [6, 6.07) is 24.8. The Bertz CT molecular complexity index is 1090. The monoisotopic (exact) mass is 429 g/mol. The van der Waals surface area contributed by atoms with Crippen LogP contribution in [0.4, 0.5) is 10.5 Å². The smallest absolute Gasteiger partial charge is 0.325 e. The highest BCUT2D eigenvalue weighted by Gasteiger charge is 2.38. The van der Waals surface area contributed by atoms with Gasteiger partial charge in [0.25, 0.3) is 5.91 Å². The predicted molar refractivity (Wildman–Crippen MR) is 120 cm³/mol. The topological polar surface area (TPSA) is 87.7 Å². The van der Waals surface area contributed by atoms with Crippen molar-refractivity contribution in [1.29, 1.82) is 0 Å². The Morgan fingerprint density at radius 1 is 0.875 bits per heavy atom. The maximum atomic E-state index is 12.6. The summed E-state index contributed by atoms with van der Waals surface area (Å²) < 4.78 is 5.72. The lowest BCUT2D eigenvalue weighted by molar-refractivity contribution is -0.130. The first-order valence-corrected chi connectivity index (χ1v) is 10.4. The fourth-order valence-corrected chi connectivity index (χ4v) is 3.45. The number of nitrogens with one attached hydrogen (secondary N) is 2. The molecule has 1 unspecified atom stereocenters. The second-order valence-electron chi connectivity index (χ2n) is 7.44. The number of rotatable bonds is 8. The van der Waals surface area contributed by atoms with Crippen molar-refractivity contribution in [1.82, 2.24) is 10.2 Å². The van der Waals surface area contributed by atoms with E-state index in [1.54, 1.807) is 24.3 Å². The van der Waals surface area contributed by atoms with E-state index in [1.165, 1.54) is 0 Å². The van der Waals surface area contributed by atoms with E-state index in [2.05, 4.69) is 10.6 Å². The first-order chi connectivity index (χ1) is 15.6. The van der Waals surface area contributed by atoms with Gasteiger partial charge < -0.3 is 15.4 Å². The van der Waals surface area contributed by atoms with E-state index < -0.39 is 18.0 Å². The largest absolute Gasteiger partial charge is 0.457 e. The average molecular weight is 429 g/mol. The van der Waals surface area contributed by atoms with Crippen LogP contribution in [0.1, 0.15) is 12.0 Å². The van der Waals surface area contributed by atoms with Crippen molar-refractivity contribution < 1.29 is 19.1 Å². The van der Waals surface area contributed by atoms with E-state index in [-0.39, 0.29) is 12.5 Å². The summed E-state index contributed by atoms with van der Waals surface area (Å²) in [7, 11) is 0. The van der Waals surface area contributed by atoms with E-state index in [0.29, 0.717) is 30.0 Å². The number of benzene rings is 3. The van der Waals surface area contributed by atoms with E-state index >= 15 is 0 Å². The number of nitrogens with zero attached hydrogens (tertiary/aromatic N) is 1. The minimum Gasteiger partial charge on any atom is -0.457 e. The average Bonchev–Trinajstić information content (AvgIpc) is 3.08. The fourth-order valence-electron chi connectivity index (χ4n) is 3.45. The van der Waals surface area contributed by atoms with Gasteiger partial charge >= 0.3 is 6.03 Å². The lowest BCUT2D eigenvalue weighted by Crippen LogP contribution is -2.38. The van der Waals surface area contributed by atoms with Crippen molar-refractivity contribution in [3.63, 3.8) is 0 Å². The molecule has 1 heterocycles. The molecule has 3 aromatic rings. The number of imide groups is 1. The number of aryl methyl sites for hydroxylation is 1. The van der Waals surface area contributed by atoms with Gasteiger partial charge in [0.1, 0.15) is 24.1 Å². The molecule has 162 valence electrons. The van der Waals surface area contributed by atoms with Crippen LogP contribution in [0, 0.1) is 0 Å². The summed E-state index contributed by atoms with van der Waals surface area (Å²) in [5, 5.41) is 5.37. The number of ether oxygens (including phenoxy) is 1. The van der Waals surface area contributed by atoms with E-state index in [4.69, 9.17) is 4.74 Å². The molecule has 4 rings (SSSR count). The number of hydrogen-bond donors (Lipinski definition) is 2. The van der Waals surface area contributed by atoms with Crippen LogP contribution in [0.5, 0.6) is 11.5 Å². The second kappa shape index (κ2) is 9.78. The maximum absolute atomic E-state index is 12.6. The van der Waals surface area contributed by atoms with Gasteiger partial charge in [-0.3, -0.25) is 14.5 Å². The minimum atomic E-state index is -0.620. The molecule has 1 saturated heterocycles. The quantitative estimate of drug-likeness (QED) is 0.531. The zero-order valence-corrected chi connectivity index (χ0v) is 17.4. The van der Waals surface area contributed by atoms with Gasteiger partial charge in [0.05, 0.1) is 0 Å². The molecule has 2 N–H and O–H groups in total. The molecule has 32 heavy (non-hydrogen) atoms. The van der Waals surface area contributed by atoms with Gasteiger partial charge in [0, 0.05) is 5.69 Å². The SMILES string of the molecule is O=C(CN1C(=O)NC(CCc2ccccc2)C1=O)Nc1ccc(Oc2ccccc2)cc1. The highest BCUT2D eigenvalue weighted by atomic mass is 16.5. The summed E-state index contributed by atoms with van der Waals surface area (Å²) >= 11 is 0. The maximum Gasteiger partial charge on any atom is 0.325 e. The molecule has 0 spiro atoms. The summed E-state index contributed by atoms with van der Waals surface area (Å²) in [5.74, 6) is 0.510. The number of para-hydroxylation sites is 1. The lowest BCUT2D eigenvalue weighted by Gasteiger charge is -2.13. The summed E-state index contributed by atoms with van der Waals surface area (Å²) in [4.78, 5) is 38.2. The van der Waals surface area contributed by atoms with Crippen LogP contribution in [0.2, 0.25) is 0 Å². The molecule has 7 nitrogen and oxygen atoms in total. The van der Waals surface area contributed by atoms with Gasteiger partial charge in [-0.15, -0.1) is 0 Å². The van der Waals surface area contributed by atoms with Crippen LogP contribution in [-0.4, -0.2) is 35.3 Å². The van der Waals surface area contributed by atoms with Crippen molar-refractivity contribution in [2.24, 2.45) is 0 Å². The molecule has 0 aromatic heterocycles. The van der Waals surface area contributed by atoms with Crippen molar-refractivity contribution in [2.75, 3.05) is 11.9 Å². The van der Waals surface area contributed by atoms with Gasteiger partial charge in [-0.1, -0.05) is 48.5 Å². The van der Waals surface area contributed by atoms with Crippen LogP contribution in [0.25, 0.3) is 0 Å². The first-order valence-electron chi connectivity index (χ1n) is 10.4. The van der Waals surface area contributed by atoms with E-state index in [9.17, 15) is 14.4 Å². The van der Waals surface area contributed by atoms with Crippen LogP contribution < -0.4 is 15.4 Å². The van der Waals surface area contributed by atoms with Crippen LogP contribution in [0.15, 0.2) is 84.9 Å². The third kappa shape index (κ3) is 5.31. The van der Waals surface area contributed by atoms with Gasteiger partial charge in [0.15, 0.2) is 0 Å². The van der Waals surface area contributed by atoms with Crippen LogP contribution >= 0.6 is 0 Å². The van der Waals surface area contributed by atoms with Crippen molar-refractivity contribution in [3.05, 3.63) is 90.5 Å². The third-order valence-electron chi connectivity index (χ3n) is 5.09. The third-order valence-corrected chi connectivity index (χ3v) is 5.09. The Morgan fingerprint density at radius 2 is 1.50 bits per heavy atom. The van der Waals surface area contributed by atoms with E-state index in [0.717, 1.165) is 10.5 Å². The molecule has 0 bridgehead atoms. The molecule has 1 atom stereocenters. The molecule has 1 aliphatic rings. The summed E-state index contributed by atoms with van der Waals surface area (Å²) in [6.45, 7) is -0.339. The highest BCUT2D eigenvalue weighted by molar-refractivity contribution is 6.07. The number of hydrogen-bond acceptors (Lipinski definition) is 4. The molecule has 0 saturated carbocycles. The molecule has 7 heteroatoms. The van der Waals surface area contributed by atoms with Gasteiger partial charge in [-0.25, -0.2) is 4.79 Å². The second-order valence-corrected chi connectivity index (χ2v) is 7.44. The molecule has 1 aliphatic heterocycles. The number of anilines is 1. The van der Waals surface area contributed by atoms with Crippen LogP contribution in [-0.2, 0) is 16.0 Å². The van der Waals surface area contributed by atoms with Crippen molar-refractivity contribution >= 4 is 23.5 Å². The molecule has 4 amide bonds.